The summed E-state index contributed by atoms with van der Waals surface area (Å²) in [5.41, 5.74) is -0.311. The minimum absolute atomic E-state index is 0.0351. The molecule has 1 aromatic carbocycles. The van der Waals surface area contributed by atoms with Crippen LogP contribution in [0.1, 0.15) is 40.5 Å². The number of fused-ring (bicyclic) bond motifs is 2. The van der Waals surface area contributed by atoms with Gasteiger partial charge in [0.25, 0.3) is 0 Å². The molecule has 266 valence electrons. The number of rotatable bonds is 14. The van der Waals surface area contributed by atoms with E-state index < -0.39 is 51.2 Å². The molecule has 2 fully saturated rings. The van der Waals surface area contributed by atoms with Crippen molar-refractivity contribution in [3.05, 3.63) is 41.7 Å². The van der Waals surface area contributed by atoms with Crippen molar-refractivity contribution in [3.8, 4) is 22.9 Å². The van der Waals surface area contributed by atoms with Crippen LogP contribution in [0, 0.1) is 17.5 Å². The fourth-order valence-electron chi connectivity index (χ4n) is 5.61. The van der Waals surface area contributed by atoms with E-state index >= 15 is 13.2 Å². The molecule has 4 heterocycles. The van der Waals surface area contributed by atoms with Crippen molar-refractivity contribution in [1.29, 1.82) is 0 Å². The van der Waals surface area contributed by atoms with Gasteiger partial charge in [-0.25, -0.2) is 18.2 Å². The van der Waals surface area contributed by atoms with Gasteiger partial charge in [-0.3, -0.25) is 4.57 Å². The van der Waals surface area contributed by atoms with Gasteiger partial charge in [-0.1, -0.05) is 53.8 Å². The van der Waals surface area contributed by atoms with Crippen LogP contribution >= 0.6 is 0 Å². The standard InChI is InChI=1S/C35H51F3N2O6Si2/c1-10-11-12-42-22-15-23(36)31(24(37)16-22)32-25(38)17-27-26(39-32)18-30(40(27)21-41-13-14-47(5,6)7)45-28-19-43-34-29(20-44-33(28)34)46-48(8,9)35(2,3)4/h15-18,28-29,33-34H,10-14,19-21H2,1-9H3/t28-,29-,33-,34-/m1/s1. The molecule has 0 radical (unpaired) electrons. The summed E-state index contributed by atoms with van der Waals surface area (Å²) >= 11 is 0. The highest BCUT2D eigenvalue weighted by atomic mass is 28.4. The highest BCUT2D eigenvalue weighted by molar-refractivity contribution is 6.76. The first-order chi connectivity index (χ1) is 22.5. The summed E-state index contributed by atoms with van der Waals surface area (Å²) in [4.78, 5) is 4.41. The first-order valence-corrected chi connectivity index (χ1v) is 23.6. The maximum atomic E-state index is 15.7. The van der Waals surface area contributed by atoms with Crippen LogP contribution in [0.25, 0.3) is 22.3 Å². The number of benzene rings is 1. The minimum Gasteiger partial charge on any atom is -0.493 e. The number of halogens is 3. The van der Waals surface area contributed by atoms with E-state index in [-0.39, 0.29) is 42.4 Å². The Kier molecular flexibility index (Phi) is 11.1. The third-order valence-electron chi connectivity index (χ3n) is 9.52. The zero-order chi connectivity index (χ0) is 35.0. The van der Waals surface area contributed by atoms with E-state index in [1.54, 1.807) is 10.6 Å². The number of pyridine rings is 1. The molecule has 48 heavy (non-hydrogen) atoms. The second-order valence-corrected chi connectivity index (χ2v) is 26.0. The molecule has 5 rings (SSSR count). The fourth-order valence-corrected chi connectivity index (χ4v) is 7.67. The fraction of sp³-hybridized carbons (Fsp3) is 0.629. The molecule has 0 unspecified atom stereocenters. The Balaban J connectivity index is 1.43. The molecule has 2 aliphatic rings. The second-order valence-electron chi connectivity index (χ2n) is 15.6. The summed E-state index contributed by atoms with van der Waals surface area (Å²) in [6, 6.07) is 5.93. The monoisotopic (exact) mass is 708 g/mol. The normalized spacial score (nSPS) is 21.7. The van der Waals surface area contributed by atoms with Crippen molar-refractivity contribution in [1.82, 2.24) is 9.55 Å². The molecule has 0 spiro atoms. The number of aromatic nitrogens is 2. The molecule has 0 N–H and O–H groups in total. The molecule has 8 nitrogen and oxygen atoms in total. The Morgan fingerprint density at radius 1 is 0.896 bits per heavy atom. The quantitative estimate of drug-likeness (QED) is 0.123. The maximum Gasteiger partial charge on any atom is 0.198 e. The molecule has 2 saturated heterocycles. The van der Waals surface area contributed by atoms with Crippen molar-refractivity contribution in [2.45, 2.75) is 116 Å². The summed E-state index contributed by atoms with van der Waals surface area (Å²) in [5, 5.41) is 0.0351. The van der Waals surface area contributed by atoms with Gasteiger partial charge in [-0.05, 0) is 30.6 Å². The summed E-state index contributed by atoms with van der Waals surface area (Å²) in [6.07, 6.45) is 0.311. The van der Waals surface area contributed by atoms with Crippen LogP contribution in [0.4, 0.5) is 13.2 Å². The van der Waals surface area contributed by atoms with Crippen molar-refractivity contribution in [2.75, 3.05) is 26.4 Å². The van der Waals surface area contributed by atoms with Crippen LogP contribution in [-0.2, 0) is 25.4 Å². The molecule has 0 saturated carbocycles. The Morgan fingerprint density at radius 2 is 1.54 bits per heavy atom. The van der Waals surface area contributed by atoms with Crippen LogP contribution in [0.3, 0.4) is 0 Å². The van der Waals surface area contributed by atoms with E-state index in [0.29, 0.717) is 36.7 Å². The number of unbranched alkanes of at least 4 members (excludes halogenated alkanes) is 1. The molecule has 13 heteroatoms. The lowest BCUT2D eigenvalue weighted by Gasteiger charge is -2.39. The van der Waals surface area contributed by atoms with Gasteiger partial charge in [0.05, 0.1) is 42.5 Å². The van der Waals surface area contributed by atoms with Gasteiger partial charge in [0.2, 0.25) is 0 Å². The Hall–Kier alpha value is -2.43. The van der Waals surface area contributed by atoms with Crippen LogP contribution in [0.5, 0.6) is 11.6 Å². The van der Waals surface area contributed by atoms with Crippen molar-refractivity contribution >= 4 is 27.4 Å². The molecule has 3 aromatic rings. The molecule has 0 aliphatic carbocycles. The topological polar surface area (TPSA) is 73.2 Å². The molecule has 2 aliphatic heterocycles. The van der Waals surface area contributed by atoms with E-state index in [9.17, 15) is 0 Å². The van der Waals surface area contributed by atoms with Gasteiger partial charge in [-0.15, -0.1) is 0 Å². The highest BCUT2D eigenvalue weighted by Gasteiger charge is 2.52. The van der Waals surface area contributed by atoms with Gasteiger partial charge in [0.15, 0.2) is 26.1 Å². The Bertz CT molecular complexity index is 1570. The average molecular weight is 709 g/mol. The summed E-state index contributed by atoms with van der Waals surface area (Å²) in [5.74, 6) is -2.37. The number of hydrogen-bond acceptors (Lipinski definition) is 7. The molecular formula is C35H51F3N2O6Si2. The first kappa shape index (κ1) is 36.8. The third-order valence-corrected chi connectivity index (χ3v) is 15.7. The van der Waals surface area contributed by atoms with Crippen molar-refractivity contribution in [2.24, 2.45) is 0 Å². The number of ether oxygens (including phenoxy) is 5. The van der Waals surface area contributed by atoms with E-state index in [4.69, 9.17) is 28.1 Å². The maximum absolute atomic E-state index is 15.7. The van der Waals surface area contributed by atoms with E-state index in [1.165, 1.54) is 6.07 Å². The molecular weight excluding hydrogens is 658 g/mol. The van der Waals surface area contributed by atoms with Gasteiger partial charge >= 0.3 is 0 Å². The van der Waals surface area contributed by atoms with Gasteiger partial charge in [0.1, 0.15) is 42.0 Å². The van der Waals surface area contributed by atoms with E-state index in [1.807, 2.05) is 6.92 Å². The number of hydrogen-bond donors (Lipinski definition) is 0. The lowest BCUT2D eigenvalue weighted by molar-refractivity contribution is 0.00859. The lowest BCUT2D eigenvalue weighted by Crippen LogP contribution is -2.47. The largest absolute Gasteiger partial charge is 0.493 e. The average Bonchev–Trinajstić information content (AvgIpc) is 3.65. The molecule has 0 amide bonds. The van der Waals surface area contributed by atoms with Crippen LogP contribution < -0.4 is 9.47 Å². The van der Waals surface area contributed by atoms with Gasteiger partial charge < -0.3 is 28.1 Å². The van der Waals surface area contributed by atoms with Crippen LogP contribution in [-0.4, -0.2) is 76.8 Å². The Morgan fingerprint density at radius 3 is 2.17 bits per heavy atom. The highest BCUT2D eigenvalue weighted by Crippen LogP contribution is 2.41. The zero-order valence-corrected chi connectivity index (χ0v) is 31.8. The predicted molar refractivity (Wildman–Crippen MR) is 186 cm³/mol. The van der Waals surface area contributed by atoms with Gasteiger partial charge in [-0.2, -0.15) is 0 Å². The summed E-state index contributed by atoms with van der Waals surface area (Å²) < 4.78 is 85.0. The van der Waals surface area contributed by atoms with Crippen molar-refractivity contribution in [3.63, 3.8) is 0 Å². The SMILES string of the molecule is CCCCOc1cc(F)c(-c2nc3cc(O[C@@H]4CO[C@H]5[C@@H]4OC[C@H]5O[Si](C)(C)C(C)(C)C)n(COCC[Si](C)(C)C)c3cc2F)c(F)c1. The predicted octanol–water partition coefficient (Wildman–Crippen LogP) is 8.55. The number of nitrogens with zero attached hydrogens (tertiary/aromatic N) is 2. The van der Waals surface area contributed by atoms with Crippen molar-refractivity contribution < 1.29 is 41.3 Å². The van der Waals surface area contributed by atoms with Crippen LogP contribution in [0.2, 0.25) is 43.8 Å². The molecule has 0 bridgehead atoms. The molecule has 4 atom stereocenters. The summed E-state index contributed by atoms with van der Waals surface area (Å²) in [6.45, 7) is 21.4. The van der Waals surface area contributed by atoms with E-state index in [2.05, 4.69) is 58.5 Å². The minimum atomic E-state index is -2.07. The smallest absolute Gasteiger partial charge is 0.198 e. The zero-order valence-electron chi connectivity index (χ0n) is 29.8. The second kappa shape index (κ2) is 14.4. The van der Waals surface area contributed by atoms with E-state index in [0.717, 1.165) is 31.0 Å². The molecule has 2 aromatic heterocycles. The third kappa shape index (κ3) is 8.13. The Labute approximate surface area is 284 Å². The van der Waals surface area contributed by atoms with Gasteiger partial charge in [0, 0.05) is 38.9 Å². The first-order valence-electron chi connectivity index (χ1n) is 17.0. The lowest BCUT2D eigenvalue weighted by atomic mass is 10.1. The summed E-state index contributed by atoms with van der Waals surface area (Å²) in [7, 11) is -3.44. The van der Waals surface area contributed by atoms with Crippen LogP contribution in [0.15, 0.2) is 24.3 Å².